The molecular formula is C31H28F2N2O2. The van der Waals surface area contributed by atoms with Crippen molar-refractivity contribution in [2.45, 2.75) is 33.4 Å². The van der Waals surface area contributed by atoms with Gasteiger partial charge in [-0.15, -0.1) is 0 Å². The molecule has 0 aliphatic carbocycles. The molecule has 0 heterocycles. The number of nitrogens with zero attached hydrogens (tertiary/aromatic N) is 1. The van der Waals surface area contributed by atoms with Gasteiger partial charge >= 0.3 is 0 Å². The lowest BCUT2D eigenvalue weighted by atomic mass is 10.1. The van der Waals surface area contributed by atoms with Crippen LogP contribution in [0.4, 0.5) is 14.5 Å². The van der Waals surface area contributed by atoms with Gasteiger partial charge in [-0.2, -0.15) is 0 Å². The SMILES string of the molecule is Cc1ccc(CN(C(=O)c2ccc(F)cc2F)c2cccc(CC(=O)NCc3cccc(C)c3)c2)cc1. The van der Waals surface area contributed by atoms with Gasteiger partial charge < -0.3 is 10.2 Å². The van der Waals surface area contributed by atoms with Crippen molar-refractivity contribution in [3.63, 3.8) is 0 Å². The van der Waals surface area contributed by atoms with E-state index in [2.05, 4.69) is 5.32 Å². The predicted octanol–water partition coefficient (Wildman–Crippen LogP) is 6.29. The van der Waals surface area contributed by atoms with Crippen LogP contribution in [0.2, 0.25) is 0 Å². The number of carbonyl (C=O) groups is 2. The van der Waals surface area contributed by atoms with Gasteiger partial charge in [-0.25, -0.2) is 8.78 Å². The molecule has 0 atom stereocenters. The molecule has 4 nitrogen and oxygen atoms in total. The summed E-state index contributed by atoms with van der Waals surface area (Å²) in [5.74, 6) is -2.43. The second-order valence-corrected chi connectivity index (χ2v) is 9.11. The first-order valence-electron chi connectivity index (χ1n) is 12.0. The van der Waals surface area contributed by atoms with Crippen LogP contribution in [0.25, 0.3) is 0 Å². The Balaban J connectivity index is 1.56. The lowest BCUT2D eigenvalue weighted by Crippen LogP contribution is -2.31. The minimum atomic E-state index is -0.925. The Labute approximate surface area is 215 Å². The van der Waals surface area contributed by atoms with Gasteiger partial charge in [-0.3, -0.25) is 9.59 Å². The molecule has 0 bridgehead atoms. The summed E-state index contributed by atoms with van der Waals surface area (Å²) in [4.78, 5) is 27.5. The van der Waals surface area contributed by atoms with Gasteiger partial charge in [0.05, 0.1) is 18.5 Å². The zero-order valence-corrected chi connectivity index (χ0v) is 20.8. The number of nitrogens with one attached hydrogen (secondary N) is 1. The smallest absolute Gasteiger partial charge is 0.261 e. The van der Waals surface area contributed by atoms with Crippen molar-refractivity contribution in [3.05, 3.63) is 136 Å². The maximum Gasteiger partial charge on any atom is 0.261 e. The Morgan fingerprint density at radius 1 is 0.757 bits per heavy atom. The maximum atomic E-state index is 14.5. The number of anilines is 1. The first-order chi connectivity index (χ1) is 17.8. The quantitative estimate of drug-likeness (QED) is 0.311. The largest absolute Gasteiger partial charge is 0.352 e. The molecule has 0 saturated heterocycles. The molecule has 1 N–H and O–H groups in total. The standard InChI is InChI=1S/C31H28F2N2O2/c1-21-9-11-23(12-10-21)20-35(31(37)28-14-13-26(32)18-29(28)33)27-8-4-6-24(16-27)17-30(36)34-19-25-7-3-5-22(2)15-25/h3-16,18H,17,19-20H2,1-2H3,(H,34,36). The van der Waals surface area contributed by atoms with E-state index in [-0.39, 0.29) is 24.4 Å². The molecule has 0 aliphatic rings. The van der Waals surface area contributed by atoms with Gasteiger partial charge in [0.15, 0.2) is 0 Å². The van der Waals surface area contributed by atoms with Gasteiger partial charge in [0.2, 0.25) is 5.91 Å². The van der Waals surface area contributed by atoms with E-state index >= 15 is 0 Å². The Bertz CT molecular complexity index is 1420. The van der Waals surface area contributed by atoms with E-state index in [9.17, 15) is 18.4 Å². The minimum absolute atomic E-state index is 0.122. The summed E-state index contributed by atoms with van der Waals surface area (Å²) in [5, 5.41) is 2.93. The molecule has 0 aromatic heterocycles. The third kappa shape index (κ3) is 6.88. The van der Waals surface area contributed by atoms with Crippen molar-refractivity contribution in [3.8, 4) is 0 Å². The second-order valence-electron chi connectivity index (χ2n) is 9.11. The molecule has 37 heavy (non-hydrogen) atoms. The summed E-state index contributed by atoms with van der Waals surface area (Å²) >= 11 is 0. The van der Waals surface area contributed by atoms with E-state index < -0.39 is 17.5 Å². The van der Waals surface area contributed by atoms with Crippen molar-refractivity contribution >= 4 is 17.5 Å². The number of aryl methyl sites for hydroxylation is 2. The topological polar surface area (TPSA) is 49.4 Å². The number of benzene rings is 4. The number of amides is 2. The van der Waals surface area contributed by atoms with Gasteiger partial charge in [0.25, 0.3) is 5.91 Å². The summed E-state index contributed by atoms with van der Waals surface area (Å²) < 4.78 is 28.0. The van der Waals surface area contributed by atoms with E-state index in [0.29, 0.717) is 23.9 Å². The third-order valence-electron chi connectivity index (χ3n) is 6.03. The molecule has 0 radical (unpaired) electrons. The van der Waals surface area contributed by atoms with Crippen molar-refractivity contribution in [2.24, 2.45) is 0 Å². The first kappa shape index (κ1) is 25.8. The van der Waals surface area contributed by atoms with Crippen molar-refractivity contribution < 1.29 is 18.4 Å². The minimum Gasteiger partial charge on any atom is -0.352 e. The molecular weight excluding hydrogens is 470 g/mol. The van der Waals surface area contributed by atoms with Gasteiger partial charge in [-0.1, -0.05) is 71.8 Å². The van der Waals surface area contributed by atoms with Crippen molar-refractivity contribution in [1.82, 2.24) is 5.32 Å². The highest BCUT2D eigenvalue weighted by molar-refractivity contribution is 6.06. The fourth-order valence-corrected chi connectivity index (χ4v) is 4.07. The highest BCUT2D eigenvalue weighted by Crippen LogP contribution is 2.24. The summed E-state index contributed by atoms with van der Waals surface area (Å²) in [6.07, 6.45) is 0.122. The van der Waals surface area contributed by atoms with Crippen LogP contribution < -0.4 is 10.2 Å². The molecule has 0 spiro atoms. The zero-order valence-electron chi connectivity index (χ0n) is 20.8. The molecule has 4 aromatic carbocycles. The number of carbonyl (C=O) groups excluding carboxylic acids is 2. The Morgan fingerprint density at radius 2 is 1.49 bits per heavy atom. The summed E-state index contributed by atoms with van der Waals surface area (Å²) in [5.41, 5.74) is 5.05. The third-order valence-corrected chi connectivity index (χ3v) is 6.03. The Hall–Kier alpha value is -4.32. The van der Waals surface area contributed by atoms with Crippen molar-refractivity contribution in [1.29, 1.82) is 0 Å². The molecule has 6 heteroatoms. The molecule has 0 fully saturated rings. The van der Waals surface area contributed by atoms with E-state index in [1.807, 2.05) is 68.4 Å². The van der Waals surface area contributed by atoms with E-state index in [0.717, 1.165) is 34.4 Å². The van der Waals surface area contributed by atoms with Crippen LogP contribution in [-0.2, 0) is 24.3 Å². The van der Waals surface area contributed by atoms with Crippen LogP contribution in [0.3, 0.4) is 0 Å². The lowest BCUT2D eigenvalue weighted by Gasteiger charge is -2.24. The first-order valence-corrected chi connectivity index (χ1v) is 12.0. The fraction of sp³-hybridized carbons (Fsp3) is 0.161. The van der Waals surface area contributed by atoms with Crippen LogP contribution >= 0.6 is 0 Å². The summed E-state index contributed by atoms with van der Waals surface area (Å²) in [7, 11) is 0. The zero-order chi connectivity index (χ0) is 26.4. The normalized spacial score (nSPS) is 10.7. The van der Waals surface area contributed by atoms with E-state index in [4.69, 9.17) is 0 Å². The van der Waals surface area contributed by atoms with Crippen LogP contribution in [0.15, 0.2) is 91.0 Å². The number of hydrogen-bond donors (Lipinski definition) is 1. The number of rotatable bonds is 8. The molecule has 2 amide bonds. The van der Waals surface area contributed by atoms with E-state index in [1.165, 1.54) is 4.90 Å². The lowest BCUT2D eigenvalue weighted by molar-refractivity contribution is -0.120. The van der Waals surface area contributed by atoms with Crippen LogP contribution in [-0.4, -0.2) is 11.8 Å². The molecule has 4 rings (SSSR count). The number of halogens is 2. The van der Waals surface area contributed by atoms with Crippen LogP contribution in [0.5, 0.6) is 0 Å². The Kier molecular flexibility index (Phi) is 8.08. The highest BCUT2D eigenvalue weighted by Gasteiger charge is 2.22. The van der Waals surface area contributed by atoms with Gasteiger partial charge in [-0.05, 0) is 54.8 Å². The molecule has 4 aromatic rings. The molecule has 0 unspecified atom stereocenters. The van der Waals surface area contributed by atoms with Crippen LogP contribution in [0, 0.1) is 25.5 Å². The fourth-order valence-electron chi connectivity index (χ4n) is 4.07. The second kappa shape index (κ2) is 11.6. The Morgan fingerprint density at radius 3 is 2.22 bits per heavy atom. The average molecular weight is 499 g/mol. The molecule has 188 valence electrons. The number of hydrogen-bond acceptors (Lipinski definition) is 2. The molecule has 0 saturated carbocycles. The molecule has 0 aliphatic heterocycles. The summed E-state index contributed by atoms with van der Waals surface area (Å²) in [6.45, 7) is 4.56. The maximum absolute atomic E-state index is 14.5. The highest BCUT2D eigenvalue weighted by atomic mass is 19.1. The monoisotopic (exact) mass is 498 g/mol. The average Bonchev–Trinajstić information content (AvgIpc) is 2.87. The van der Waals surface area contributed by atoms with Gasteiger partial charge in [0, 0.05) is 18.3 Å². The van der Waals surface area contributed by atoms with Gasteiger partial charge in [0.1, 0.15) is 11.6 Å². The predicted molar refractivity (Wildman–Crippen MR) is 141 cm³/mol. The van der Waals surface area contributed by atoms with Crippen molar-refractivity contribution in [2.75, 3.05) is 4.90 Å². The van der Waals surface area contributed by atoms with Crippen LogP contribution in [0.1, 0.15) is 38.2 Å². The van der Waals surface area contributed by atoms with E-state index in [1.54, 1.807) is 18.2 Å². The summed E-state index contributed by atoms with van der Waals surface area (Å²) in [6, 6.07) is 25.6.